The van der Waals surface area contributed by atoms with Crippen molar-refractivity contribution < 1.29 is 0 Å². The summed E-state index contributed by atoms with van der Waals surface area (Å²) in [6.07, 6.45) is 2.32. The van der Waals surface area contributed by atoms with Gasteiger partial charge in [0, 0.05) is 39.1 Å². The van der Waals surface area contributed by atoms with Crippen LogP contribution in [0.4, 0.5) is 0 Å². The van der Waals surface area contributed by atoms with Gasteiger partial charge in [-0.25, -0.2) is 0 Å². The molecule has 1 aromatic carbocycles. The van der Waals surface area contributed by atoms with Crippen LogP contribution >= 0.6 is 0 Å². The molecule has 87 valence electrons. The van der Waals surface area contributed by atoms with Crippen molar-refractivity contribution in [1.82, 2.24) is 9.80 Å². The van der Waals surface area contributed by atoms with Crippen molar-refractivity contribution in [3.63, 3.8) is 0 Å². The van der Waals surface area contributed by atoms with Gasteiger partial charge in [-0.05, 0) is 19.5 Å². The Kier molecular flexibility index (Phi) is 3.97. The van der Waals surface area contributed by atoms with Gasteiger partial charge in [0.1, 0.15) is 0 Å². The number of hydrogen-bond acceptors (Lipinski definition) is 2. The average molecular weight is 217 g/mol. The summed E-state index contributed by atoms with van der Waals surface area (Å²) < 4.78 is 0. The lowest BCUT2D eigenvalue weighted by atomic mass is 10.1. The van der Waals surface area contributed by atoms with E-state index in [9.17, 15) is 0 Å². The summed E-state index contributed by atoms with van der Waals surface area (Å²) in [5, 5.41) is 0. The number of benzene rings is 1. The molecule has 0 bridgehead atoms. The van der Waals surface area contributed by atoms with E-state index in [-0.39, 0.29) is 0 Å². The highest BCUT2D eigenvalue weighted by Gasteiger charge is 2.12. The molecule has 1 heterocycles. The zero-order chi connectivity index (χ0) is 11.4. The van der Waals surface area contributed by atoms with E-state index in [1.165, 1.54) is 37.3 Å². The van der Waals surface area contributed by atoms with Gasteiger partial charge in [0.25, 0.3) is 0 Å². The van der Waals surface area contributed by atoms with Crippen molar-refractivity contribution in [1.29, 1.82) is 0 Å². The van der Waals surface area contributed by atoms with Gasteiger partial charge >= 0.3 is 0 Å². The molecule has 0 spiro atoms. The van der Waals surface area contributed by atoms with E-state index >= 15 is 0 Å². The average Bonchev–Trinajstić information content (AvgIpc) is 2.30. The van der Waals surface area contributed by atoms with Crippen molar-refractivity contribution in [3.05, 3.63) is 41.8 Å². The first-order valence-electron chi connectivity index (χ1n) is 6.05. The van der Waals surface area contributed by atoms with Crippen molar-refractivity contribution in [3.8, 4) is 0 Å². The normalized spacial score (nSPS) is 18.9. The smallest absolute Gasteiger partial charge is 0.0110 e. The molecule has 1 saturated heterocycles. The molecule has 0 aromatic heterocycles. The maximum absolute atomic E-state index is 2.51. The summed E-state index contributed by atoms with van der Waals surface area (Å²) in [7, 11) is 2.20. The number of nitrogens with zero attached hydrogens (tertiary/aromatic N) is 2. The molecule has 1 aliphatic heterocycles. The summed E-state index contributed by atoms with van der Waals surface area (Å²) >= 11 is 0. The second kappa shape index (κ2) is 5.46. The van der Waals surface area contributed by atoms with E-state index in [2.05, 4.69) is 54.5 Å². The Bertz CT molecular complexity index is 310. The van der Waals surface area contributed by atoms with Crippen LogP contribution in [-0.4, -0.2) is 49.6 Å². The minimum absolute atomic E-state index is 1.08. The third kappa shape index (κ3) is 3.32. The minimum atomic E-state index is 1.08. The van der Waals surface area contributed by atoms with E-state index in [4.69, 9.17) is 0 Å². The molecule has 1 fully saturated rings. The van der Waals surface area contributed by atoms with Crippen LogP contribution in [-0.2, 0) is 0 Å². The Morgan fingerprint density at radius 2 is 1.69 bits per heavy atom. The third-order valence-electron chi connectivity index (χ3n) is 3.26. The van der Waals surface area contributed by atoms with Crippen LogP contribution in [0.25, 0.3) is 0 Å². The Hall–Kier alpha value is -0.860. The van der Waals surface area contributed by atoms with E-state index in [1.54, 1.807) is 0 Å². The van der Waals surface area contributed by atoms with Gasteiger partial charge in [-0.3, -0.25) is 0 Å². The Labute approximate surface area is 98.9 Å². The zero-order valence-electron chi connectivity index (χ0n) is 10.3. The Morgan fingerprint density at radius 3 is 2.31 bits per heavy atom. The summed E-state index contributed by atoms with van der Waals surface area (Å²) in [5.41, 5.74) is 2.67. The maximum Gasteiger partial charge on any atom is 0.0110 e. The summed E-state index contributed by atoms with van der Waals surface area (Å²) in [5.74, 6) is 0. The third-order valence-corrected chi connectivity index (χ3v) is 3.26. The number of aryl methyl sites for hydroxylation is 1. The van der Waals surface area contributed by atoms with E-state index < -0.39 is 0 Å². The highest BCUT2D eigenvalue weighted by molar-refractivity contribution is 5.27. The molecule has 0 N–H and O–H groups in total. The summed E-state index contributed by atoms with van der Waals surface area (Å²) in [4.78, 5) is 4.90. The van der Waals surface area contributed by atoms with Crippen molar-refractivity contribution in [2.75, 3.05) is 39.8 Å². The lowest BCUT2D eigenvalue weighted by molar-refractivity contribution is 0.164. The highest BCUT2D eigenvalue weighted by atomic mass is 15.2. The van der Waals surface area contributed by atoms with Crippen molar-refractivity contribution >= 4 is 0 Å². The van der Waals surface area contributed by atoms with Crippen LogP contribution in [0.3, 0.4) is 0 Å². The maximum atomic E-state index is 2.51. The molecule has 0 amide bonds. The topological polar surface area (TPSA) is 6.48 Å². The van der Waals surface area contributed by atoms with Gasteiger partial charge in [0.15, 0.2) is 0 Å². The molecule has 1 aromatic rings. The van der Waals surface area contributed by atoms with Crippen LogP contribution in [0.15, 0.2) is 24.3 Å². The quantitative estimate of drug-likeness (QED) is 0.761. The first-order chi connectivity index (χ1) is 7.74. The Balaban J connectivity index is 1.77. The van der Waals surface area contributed by atoms with Crippen LogP contribution in [0.5, 0.6) is 0 Å². The summed E-state index contributed by atoms with van der Waals surface area (Å²) in [6.45, 7) is 7.99. The molecule has 2 nitrogen and oxygen atoms in total. The van der Waals surface area contributed by atoms with Gasteiger partial charge in [-0.1, -0.05) is 29.8 Å². The standard InChI is InChI=1S/C14H21N2/c1-13-3-5-14(6-4-13)7-8-16-11-9-15(2)10-12-16/h3-7H,8-12H2,1-2H3. The van der Waals surface area contributed by atoms with Crippen LogP contribution < -0.4 is 0 Å². The fourth-order valence-electron chi connectivity index (χ4n) is 1.97. The van der Waals surface area contributed by atoms with E-state index in [1.807, 2.05) is 0 Å². The molecule has 0 saturated carbocycles. The van der Waals surface area contributed by atoms with Crippen molar-refractivity contribution in [2.24, 2.45) is 0 Å². The number of hydrogen-bond donors (Lipinski definition) is 0. The minimum Gasteiger partial charge on any atom is -0.304 e. The highest BCUT2D eigenvalue weighted by Crippen LogP contribution is 2.07. The molecule has 2 heteroatoms. The monoisotopic (exact) mass is 217 g/mol. The van der Waals surface area contributed by atoms with Gasteiger partial charge in [-0.2, -0.15) is 0 Å². The number of likely N-dealkylation sites (N-methyl/N-ethyl adjacent to an activating group) is 1. The van der Waals surface area contributed by atoms with E-state index in [0.717, 1.165) is 6.54 Å². The van der Waals surface area contributed by atoms with Gasteiger partial charge in [0.2, 0.25) is 0 Å². The van der Waals surface area contributed by atoms with Gasteiger partial charge in [0.05, 0.1) is 0 Å². The van der Waals surface area contributed by atoms with Gasteiger partial charge < -0.3 is 9.80 Å². The fraction of sp³-hybridized carbons (Fsp3) is 0.500. The van der Waals surface area contributed by atoms with Crippen molar-refractivity contribution in [2.45, 2.75) is 6.92 Å². The second-order valence-electron chi connectivity index (χ2n) is 4.72. The second-order valence-corrected chi connectivity index (χ2v) is 4.72. The van der Waals surface area contributed by atoms with Gasteiger partial charge in [-0.15, -0.1) is 0 Å². The molecular weight excluding hydrogens is 196 g/mol. The molecule has 0 aliphatic carbocycles. The number of rotatable bonds is 3. The molecule has 2 rings (SSSR count). The first kappa shape index (κ1) is 11.6. The predicted molar refractivity (Wildman–Crippen MR) is 68.5 cm³/mol. The van der Waals surface area contributed by atoms with Crippen LogP contribution in [0.1, 0.15) is 11.1 Å². The van der Waals surface area contributed by atoms with Crippen LogP contribution in [0, 0.1) is 13.3 Å². The largest absolute Gasteiger partial charge is 0.304 e. The SMILES string of the molecule is Cc1ccc([CH]CN2CCN(C)CC2)cc1. The molecule has 1 radical (unpaired) electrons. The molecule has 1 aliphatic rings. The first-order valence-corrected chi connectivity index (χ1v) is 6.05. The number of piperazine rings is 1. The lowest BCUT2D eigenvalue weighted by Crippen LogP contribution is -2.44. The molecule has 0 atom stereocenters. The summed E-state index contributed by atoms with van der Waals surface area (Å²) in [6, 6.07) is 8.75. The zero-order valence-corrected chi connectivity index (χ0v) is 10.3. The Morgan fingerprint density at radius 1 is 1.06 bits per heavy atom. The molecular formula is C14H21N2. The predicted octanol–water partition coefficient (Wildman–Crippen LogP) is 1.79. The fourth-order valence-corrected chi connectivity index (χ4v) is 1.97. The van der Waals surface area contributed by atoms with Crippen LogP contribution in [0.2, 0.25) is 0 Å². The van der Waals surface area contributed by atoms with E-state index in [0.29, 0.717) is 0 Å². The molecule has 0 unspecified atom stereocenters. The molecule has 16 heavy (non-hydrogen) atoms. The lowest BCUT2D eigenvalue weighted by Gasteiger charge is -2.32.